The lowest BCUT2D eigenvalue weighted by molar-refractivity contribution is -0.150. The number of ether oxygens (including phenoxy) is 10. The predicted octanol–water partition coefficient (Wildman–Crippen LogP) is 7.39. The van der Waals surface area contributed by atoms with Crippen molar-refractivity contribution >= 4 is 48.0 Å². The van der Waals surface area contributed by atoms with Crippen LogP contribution < -0.4 is 18.9 Å². The molecule has 2 fully saturated rings. The Morgan fingerprint density at radius 2 is 0.986 bits per heavy atom. The van der Waals surface area contributed by atoms with Crippen LogP contribution in [-0.2, 0) is 47.6 Å². The molecular weight excluding hydrogens is 933 g/mol. The summed E-state index contributed by atoms with van der Waals surface area (Å²) in [5, 5.41) is 9.82. The second-order valence-corrected chi connectivity index (χ2v) is 15.6. The number of esters is 6. The molecule has 370 valence electrons. The maximum absolute atomic E-state index is 13.1. The highest BCUT2D eigenvalue weighted by Crippen LogP contribution is 2.32. The topological polar surface area (TPSA) is 223 Å². The molecular formula is C54H48N2O16. The lowest BCUT2D eigenvalue weighted by Crippen LogP contribution is -2.36. The molecule has 72 heavy (non-hydrogen) atoms. The zero-order valence-corrected chi connectivity index (χ0v) is 38.8. The number of nitrogens with zero attached hydrogens (tertiary/aromatic N) is 2. The Kier molecular flexibility index (Phi) is 19.5. The van der Waals surface area contributed by atoms with E-state index >= 15 is 0 Å². The summed E-state index contributed by atoms with van der Waals surface area (Å²) in [5.41, 5.74) is 0.785. The van der Waals surface area contributed by atoms with Gasteiger partial charge in [-0.25, -0.2) is 28.8 Å². The largest absolute Gasteiger partial charge is 0.494 e. The van der Waals surface area contributed by atoms with Gasteiger partial charge in [-0.1, -0.05) is 37.4 Å². The average molecular weight is 981 g/mol. The summed E-state index contributed by atoms with van der Waals surface area (Å²) in [6.07, 6.45) is 3.86. The number of carbonyl (C=O) groups is 6. The molecule has 4 aromatic rings. The molecule has 18 heteroatoms. The summed E-state index contributed by atoms with van der Waals surface area (Å²) in [6.45, 7) is 15.4. The first-order chi connectivity index (χ1) is 35.0. The predicted molar refractivity (Wildman–Crippen MR) is 255 cm³/mol. The summed E-state index contributed by atoms with van der Waals surface area (Å²) in [7, 11) is 0. The van der Waals surface area contributed by atoms with Gasteiger partial charge in [0.2, 0.25) is 0 Å². The van der Waals surface area contributed by atoms with Gasteiger partial charge in [0.15, 0.2) is 12.2 Å². The van der Waals surface area contributed by atoms with Crippen molar-refractivity contribution in [2.45, 2.75) is 50.1 Å². The van der Waals surface area contributed by atoms with Crippen LogP contribution >= 0.6 is 0 Å². The van der Waals surface area contributed by atoms with E-state index in [0.29, 0.717) is 61.5 Å². The minimum absolute atomic E-state index is 0.108. The van der Waals surface area contributed by atoms with Crippen LogP contribution in [0.1, 0.15) is 57.5 Å². The van der Waals surface area contributed by atoms with Crippen molar-refractivity contribution in [3.63, 3.8) is 0 Å². The second kappa shape index (κ2) is 26.8. The number of hydrogen-bond acceptors (Lipinski definition) is 17. The van der Waals surface area contributed by atoms with Crippen molar-refractivity contribution in [2.24, 2.45) is 0 Å². The fraction of sp³-hybridized carbons (Fsp3) is 0.259. The van der Waals surface area contributed by atoms with Crippen LogP contribution in [0, 0.1) is 17.9 Å². The van der Waals surface area contributed by atoms with Gasteiger partial charge in [-0.3, -0.25) is 4.79 Å². The third-order valence-corrected chi connectivity index (χ3v) is 10.6. The van der Waals surface area contributed by atoms with Crippen molar-refractivity contribution < 1.29 is 76.1 Å². The molecule has 0 amide bonds. The quantitative estimate of drug-likeness (QED) is 0.0127. The second-order valence-electron chi connectivity index (χ2n) is 15.6. The van der Waals surface area contributed by atoms with Gasteiger partial charge in [0.05, 0.1) is 57.3 Å². The van der Waals surface area contributed by atoms with Crippen LogP contribution in [-0.4, -0.2) is 99.9 Å². The van der Waals surface area contributed by atoms with E-state index in [1.807, 2.05) is 6.07 Å². The third kappa shape index (κ3) is 15.6. The number of rotatable bonds is 24. The molecule has 0 N–H and O–H groups in total. The van der Waals surface area contributed by atoms with Crippen LogP contribution in [0.15, 0.2) is 134 Å². The number of hydrogen-bond donors (Lipinski definition) is 0. The van der Waals surface area contributed by atoms with Crippen LogP contribution in [0.5, 0.6) is 23.0 Å². The van der Waals surface area contributed by atoms with E-state index in [1.54, 1.807) is 72.8 Å². The van der Waals surface area contributed by atoms with E-state index in [9.17, 15) is 34.0 Å². The Morgan fingerprint density at radius 3 is 1.40 bits per heavy atom. The maximum atomic E-state index is 13.1. The number of benzene rings is 4. The summed E-state index contributed by atoms with van der Waals surface area (Å²) in [5.74, 6) is -2.52. The van der Waals surface area contributed by atoms with Gasteiger partial charge >= 0.3 is 35.8 Å². The zero-order chi connectivity index (χ0) is 51.2. The van der Waals surface area contributed by atoms with Crippen molar-refractivity contribution in [1.29, 1.82) is 5.26 Å². The maximum Gasteiger partial charge on any atom is 0.349 e. The Bertz CT molecular complexity index is 2540. The molecule has 18 nitrogen and oxygen atoms in total. The molecule has 0 spiro atoms. The van der Waals surface area contributed by atoms with Crippen molar-refractivity contribution in [3.8, 4) is 29.1 Å². The van der Waals surface area contributed by atoms with Gasteiger partial charge in [-0.05, 0) is 122 Å². The van der Waals surface area contributed by atoms with Gasteiger partial charge in [0.1, 0.15) is 46.8 Å². The van der Waals surface area contributed by atoms with Gasteiger partial charge in [-0.2, -0.15) is 5.26 Å². The number of carbonyl (C=O) groups excluding carboxylic acids is 6. The molecule has 0 radical (unpaired) electrons. The van der Waals surface area contributed by atoms with Gasteiger partial charge in [-0.15, -0.1) is 0 Å². The van der Waals surface area contributed by atoms with Crippen molar-refractivity contribution in [1.82, 2.24) is 0 Å². The van der Waals surface area contributed by atoms with Gasteiger partial charge < -0.3 is 47.4 Å². The smallest absolute Gasteiger partial charge is 0.349 e. The molecule has 6 rings (SSSR count). The molecule has 2 aliphatic heterocycles. The van der Waals surface area contributed by atoms with E-state index in [-0.39, 0.29) is 60.3 Å². The van der Waals surface area contributed by atoms with E-state index < -0.39 is 60.2 Å². The SMILES string of the molecule is [C-]#[N+]/C(=C\c1ccc(OC(=O)c2ccc(OCCCCOC(=O)C=C)cc2)cc1)C(=O)O[C@H]1CO[C@H]2[C@@H]1OC[C@H]2OC(=O)/C(C#N)=C/c1ccc(OC(=O)c2ccc(OCCCCOC(=O)C=C)cc2)cc1. The first-order valence-corrected chi connectivity index (χ1v) is 22.5. The highest BCUT2D eigenvalue weighted by Gasteiger charge is 2.51. The fourth-order valence-electron chi connectivity index (χ4n) is 6.85. The van der Waals surface area contributed by atoms with Crippen molar-refractivity contribution in [2.75, 3.05) is 39.6 Å². The zero-order valence-electron chi connectivity index (χ0n) is 38.8. The Labute approximate surface area is 414 Å². The average Bonchev–Trinajstić information content (AvgIpc) is 4.00. The molecule has 2 heterocycles. The van der Waals surface area contributed by atoms with E-state index in [1.165, 1.54) is 36.4 Å². The highest BCUT2D eigenvalue weighted by molar-refractivity contribution is 5.98. The Morgan fingerprint density at radius 1 is 0.583 bits per heavy atom. The molecule has 0 unspecified atom stereocenters. The lowest BCUT2D eigenvalue weighted by atomic mass is 10.1. The van der Waals surface area contributed by atoms with E-state index in [4.69, 9.17) is 53.9 Å². The van der Waals surface area contributed by atoms with Gasteiger partial charge in [0, 0.05) is 12.2 Å². The van der Waals surface area contributed by atoms with E-state index in [0.717, 1.165) is 12.2 Å². The lowest BCUT2D eigenvalue weighted by Gasteiger charge is -2.17. The van der Waals surface area contributed by atoms with Crippen LogP contribution in [0.25, 0.3) is 17.0 Å². The highest BCUT2D eigenvalue weighted by atomic mass is 16.7. The summed E-state index contributed by atoms with van der Waals surface area (Å²) < 4.78 is 54.9. The summed E-state index contributed by atoms with van der Waals surface area (Å²) in [6, 6.07) is 26.8. The van der Waals surface area contributed by atoms with Crippen LogP contribution in [0.3, 0.4) is 0 Å². The van der Waals surface area contributed by atoms with Crippen LogP contribution in [0.2, 0.25) is 0 Å². The molecule has 0 bridgehead atoms. The Balaban J connectivity index is 0.922. The van der Waals surface area contributed by atoms with Crippen molar-refractivity contribution in [3.05, 3.63) is 167 Å². The molecule has 0 aliphatic carbocycles. The molecule has 4 atom stereocenters. The molecule has 2 aliphatic rings. The summed E-state index contributed by atoms with van der Waals surface area (Å²) >= 11 is 0. The van der Waals surface area contributed by atoms with Gasteiger partial charge in [0.25, 0.3) is 5.70 Å². The fourth-order valence-corrected chi connectivity index (χ4v) is 6.85. The molecule has 0 saturated carbocycles. The monoisotopic (exact) mass is 980 g/mol. The summed E-state index contributed by atoms with van der Waals surface area (Å²) in [4.78, 5) is 77.4. The number of unbranched alkanes of at least 4 members (excludes halogenated alkanes) is 2. The third-order valence-electron chi connectivity index (χ3n) is 10.6. The first-order valence-electron chi connectivity index (χ1n) is 22.5. The number of fused-ring (bicyclic) bond motifs is 1. The van der Waals surface area contributed by atoms with E-state index in [2.05, 4.69) is 18.0 Å². The molecule has 2 saturated heterocycles. The standard InChI is InChI=1S/C54H48N2O16/c1-4-47(57)65-28-8-6-26-63-40-22-14-37(15-23-40)51(59)69-42-18-10-35(11-19-42)30-39(32-55)53(61)71-45-33-67-50-46(34-68-49(45)50)72-54(62)44(56-3)31-36-12-20-43(21-13-36)70-52(60)38-16-24-41(25-17-38)64-27-7-9-29-66-48(58)5-2/h4-5,10-25,30-31,45-46,49-50H,1-2,6-9,26-29,33-34H2/b39-30+,44-31-/t45-,46+,49-,50-/m1/s1. The Hall–Kier alpha value is -8.84. The minimum Gasteiger partial charge on any atom is -0.494 e. The first kappa shape index (κ1) is 52.5. The number of nitriles is 1. The van der Waals surface area contributed by atoms with Crippen LogP contribution in [0.4, 0.5) is 0 Å². The molecule has 0 aromatic heterocycles. The minimum atomic E-state index is -0.942. The normalized spacial score (nSPS) is 16.9. The molecule has 4 aromatic carbocycles.